The summed E-state index contributed by atoms with van der Waals surface area (Å²) in [6.45, 7) is 9.86. The number of nitrogens with zero attached hydrogens (tertiary/aromatic N) is 3. The van der Waals surface area contributed by atoms with Crippen molar-refractivity contribution in [1.29, 1.82) is 0 Å². The summed E-state index contributed by atoms with van der Waals surface area (Å²) in [5.74, 6) is -0.340. The number of allylic oxidation sites excluding steroid dienone is 1. The van der Waals surface area contributed by atoms with Crippen molar-refractivity contribution >= 4 is 40.1 Å². The number of rotatable bonds is 9. The lowest BCUT2D eigenvalue weighted by molar-refractivity contribution is -0.139. The van der Waals surface area contributed by atoms with E-state index in [1.165, 1.54) is 18.4 Å². The van der Waals surface area contributed by atoms with E-state index in [-0.39, 0.29) is 12.2 Å². The van der Waals surface area contributed by atoms with E-state index in [9.17, 15) is 14.4 Å². The first-order chi connectivity index (χ1) is 23.6. The summed E-state index contributed by atoms with van der Waals surface area (Å²) in [5, 5.41) is 1.82. The molecule has 0 radical (unpaired) electrons. The molecule has 3 aromatic carbocycles. The number of aryl methyl sites for hydroxylation is 1. The fourth-order valence-corrected chi connectivity index (χ4v) is 7.78. The first kappa shape index (κ1) is 33.7. The maximum atomic E-state index is 14.6. The maximum Gasteiger partial charge on any atom is 0.338 e. The molecule has 0 bridgehead atoms. The van der Waals surface area contributed by atoms with E-state index in [0.717, 1.165) is 45.4 Å². The Morgan fingerprint density at radius 3 is 2.47 bits per heavy atom. The topological polar surface area (TPSA) is 101 Å². The summed E-state index contributed by atoms with van der Waals surface area (Å²) in [5.41, 5.74) is 6.22. The second-order valence-electron chi connectivity index (χ2n) is 11.9. The smallest absolute Gasteiger partial charge is 0.338 e. The first-order valence-corrected chi connectivity index (χ1v) is 17.1. The van der Waals surface area contributed by atoms with Crippen LogP contribution in [0.5, 0.6) is 5.75 Å². The van der Waals surface area contributed by atoms with Gasteiger partial charge in [0.15, 0.2) is 4.80 Å². The number of carbonyl (C=O) groups is 2. The molecule has 0 fully saturated rings. The van der Waals surface area contributed by atoms with Gasteiger partial charge in [-0.05, 0) is 86.4 Å². The number of carbonyl (C=O) groups excluding carboxylic acids is 2. The molecule has 1 aliphatic heterocycles. The predicted molar refractivity (Wildman–Crippen MR) is 191 cm³/mol. The van der Waals surface area contributed by atoms with E-state index in [4.69, 9.17) is 19.2 Å². The van der Waals surface area contributed by atoms with Gasteiger partial charge in [-0.1, -0.05) is 61.1 Å². The standard InChI is InChI=1S/C39H39N3O6S/c1-8-13-29-34(38(45)48-9-2)35(33-28-15-11-10-14-25(28)18-19-31(33)46-6)42-36(43)32(49-39(42)40-29)21-26-20-22(3)41(24(26)5)30-17-12-16-27(23(30)4)37(44)47-7/h10-12,14-21,35H,8-9,13H2,1-7H3/b32-21+/t35-/m1/s1. The molecule has 9 nitrogen and oxygen atoms in total. The van der Waals surface area contributed by atoms with E-state index >= 15 is 0 Å². The second-order valence-corrected chi connectivity index (χ2v) is 12.9. The van der Waals surface area contributed by atoms with Gasteiger partial charge < -0.3 is 18.8 Å². The third-order valence-corrected chi connectivity index (χ3v) is 10.0. The minimum absolute atomic E-state index is 0.184. The number of aromatic nitrogens is 2. The zero-order valence-electron chi connectivity index (χ0n) is 28.7. The van der Waals surface area contributed by atoms with Crippen molar-refractivity contribution in [1.82, 2.24) is 9.13 Å². The summed E-state index contributed by atoms with van der Waals surface area (Å²) in [7, 11) is 2.97. The van der Waals surface area contributed by atoms with Crippen molar-refractivity contribution in [2.75, 3.05) is 20.8 Å². The van der Waals surface area contributed by atoms with E-state index in [0.29, 0.717) is 43.9 Å². The van der Waals surface area contributed by atoms with Gasteiger partial charge in [0, 0.05) is 22.6 Å². The van der Waals surface area contributed by atoms with E-state index in [2.05, 4.69) is 4.57 Å². The summed E-state index contributed by atoms with van der Waals surface area (Å²) in [6.07, 6.45) is 3.17. The van der Waals surface area contributed by atoms with Gasteiger partial charge in [-0.25, -0.2) is 14.6 Å². The lowest BCUT2D eigenvalue weighted by Gasteiger charge is -2.28. The minimum Gasteiger partial charge on any atom is -0.496 e. The molecule has 10 heteroatoms. The largest absolute Gasteiger partial charge is 0.496 e. The Morgan fingerprint density at radius 2 is 1.76 bits per heavy atom. The van der Waals surface area contributed by atoms with Crippen molar-refractivity contribution in [3.8, 4) is 11.4 Å². The fraction of sp³-hybridized carbons (Fsp3) is 0.282. The van der Waals surface area contributed by atoms with Gasteiger partial charge in [-0.3, -0.25) is 9.36 Å². The average molecular weight is 678 g/mol. The minimum atomic E-state index is -0.823. The summed E-state index contributed by atoms with van der Waals surface area (Å²) < 4.78 is 20.7. The molecule has 0 spiro atoms. The number of hydrogen-bond acceptors (Lipinski definition) is 8. The van der Waals surface area contributed by atoms with Crippen LogP contribution in [0.2, 0.25) is 0 Å². The monoisotopic (exact) mass is 677 g/mol. The van der Waals surface area contributed by atoms with Crippen LogP contribution >= 0.6 is 11.3 Å². The lowest BCUT2D eigenvalue weighted by atomic mass is 9.90. The maximum absolute atomic E-state index is 14.6. The van der Waals surface area contributed by atoms with E-state index in [1.54, 1.807) is 24.7 Å². The molecule has 5 aromatic rings. The molecule has 0 saturated carbocycles. The third-order valence-electron chi connectivity index (χ3n) is 9.02. The van der Waals surface area contributed by atoms with Gasteiger partial charge in [-0.2, -0.15) is 0 Å². The number of benzene rings is 3. The number of hydrogen-bond donors (Lipinski definition) is 0. The van der Waals surface area contributed by atoms with Crippen LogP contribution in [-0.2, 0) is 14.3 Å². The Bertz CT molecular complexity index is 2340. The predicted octanol–water partition coefficient (Wildman–Crippen LogP) is 6.24. The quantitative estimate of drug-likeness (QED) is 0.171. The Kier molecular flexibility index (Phi) is 9.43. The SMILES string of the molecule is CCCC1=C(C(=O)OCC)[C@@H](c2c(OC)ccc3ccccc23)n2c(s/c(=C/c3cc(C)n(-c4cccc(C(=O)OC)c4C)c3C)c2=O)=N1. The van der Waals surface area contributed by atoms with E-state index in [1.807, 2.05) is 88.4 Å². The molecule has 0 amide bonds. The van der Waals surface area contributed by atoms with Crippen LogP contribution in [0.4, 0.5) is 0 Å². The van der Waals surface area contributed by atoms with Gasteiger partial charge in [0.2, 0.25) is 0 Å². The van der Waals surface area contributed by atoms with Gasteiger partial charge in [-0.15, -0.1) is 0 Å². The number of ether oxygens (including phenoxy) is 3. The lowest BCUT2D eigenvalue weighted by Crippen LogP contribution is -2.40. The van der Waals surface area contributed by atoms with Crippen molar-refractivity contribution in [3.05, 3.63) is 125 Å². The average Bonchev–Trinajstić information content (AvgIpc) is 3.56. The fourth-order valence-electron chi connectivity index (χ4n) is 6.77. The molecule has 6 rings (SSSR count). The molecule has 252 valence electrons. The van der Waals surface area contributed by atoms with Crippen molar-refractivity contribution in [2.24, 2.45) is 4.99 Å². The molecule has 1 atom stereocenters. The Labute approximate surface area is 288 Å². The van der Waals surface area contributed by atoms with Crippen molar-refractivity contribution in [2.45, 2.75) is 53.5 Å². The number of esters is 2. The van der Waals surface area contributed by atoms with Crippen LogP contribution in [0.1, 0.15) is 71.2 Å². The Hall–Kier alpha value is -5.22. The van der Waals surface area contributed by atoms with Crippen molar-refractivity contribution in [3.63, 3.8) is 0 Å². The number of fused-ring (bicyclic) bond motifs is 2. The zero-order valence-corrected chi connectivity index (χ0v) is 29.6. The zero-order chi connectivity index (χ0) is 35.0. The van der Waals surface area contributed by atoms with Crippen LogP contribution in [0, 0.1) is 20.8 Å². The molecular weight excluding hydrogens is 639 g/mol. The number of thiazole rings is 1. The molecule has 0 N–H and O–H groups in total. The van der Waals surface area contributed by atoms with Crippen LogP contribution in [0.3, 0.4) is 0 Å². The first-order valence-electron chi connectivity index (χ1n) is 16.3. The third kappa shape index (κ3) is 5.80. The second kappa shape index (κ2) is 13.7. The van der Waals surface area contributed by atoms with Gasteiger partial charge in [0.05, 0.1) is 42.2 Å². The molecule has 0 saturated heterocycles. The normalized spacial score (nSPS) is 14.5. The molecule has 3 heterocycles. The van der Waals surface area contributed by atoms with Crippen molar-refractivity contribution < 1.29 is 23.8 Å². The summed E-state index contributed by atoms with van der Waals surface area (Å²) in [6, 6.07) is 18.5. The van der Waals surface area contributed by atoms with Crippen LogP contribution in [-0.4, -0.2) is 41.9 Å². The van der Waals surface area contributed by atoms with Gasteiger partial charge in [0.25, 0.3) is 5.56 Å². The molecule has 0 unspecified atom stereocenters. The highest BCUT2D eigenvalue weighted by Crippen LogP contribution is 2.41. The highest BCUT2D eigenvalue weighted by atomic mass is 32.1. The van der Waals surface area contributed by atoms with Gasteiger partial charge >= 0.3 is 11.9 Å². The molecular formula is C39H39N3O6S. The van der Waals surface area contributed by atoms with E-state index < -0.39 is 18.0 Å². The summed E-state index contributed by atoms with van der Waals surface area (Å²) >= 11 is 1.29. The highest BCUT2D eigenvalue weighted by molar-refractivity contribution is 7.07. The number of methoxy groups -OCH3 is 2. The highest BCUT2D eigenvalue weighted by Gasteiger charge is 2.37. The van der Waals surface area contributed by atoms with Crippen LogP contribution in [0.15, 0.2) is 81.7 Å². The molecule has 49 heavy (non-hydrogen) atoms. The Morgan fingerprint density at radius 1 is 0.980 bits per heavy atom. The molecule has 2 aromatic heterocycles. The van der Waals surface area contributed by atoms with Crippen LogP contribution in [0.25, 0.3) is 22.5 Å². The van der Waals surface area contributed by atoms with Gasteiger partial charge in [0.1, 0.15) is 11.8 Å². The van der Waals surface area contributed by atoms with Crippen LogP contribution < -0.4 is 19.6 Å². The summed E-state index contributed by atoms with van der Waals surface area (Å²) in [4.78, 5) is 46.3. The molecule has 1 aliphatic rings. The molecule has 0 aliphatic carbocycles. The Balaban J connectivity index is 1.61.